The summed E-state index contributed by atoms with van der Waals surface area (Å²) in [6, 6.07) is 0.332. The number of amides is 1. The molecule has 134 valence electrons. The van der Waals surface area contributed by atoms with Crippen molar-refractivity contribution in [1.29, 1.82) is 0 Å². The average Bonchev–Trinajstić information content (AvgIpc) is 3.04. The van der Waals surface area contributed by atoms with Crippen molar-refractivity contribution in [3.8, 4) is 11.3 Å². The minimum absolute atomic E-state index is 0.0579. The molecule has 0 bridgehead atoms. The first-order chi connectivity index (χ1) is 12.1. The summed E-state index contributed by atoms with van der Waals surface area (Å²) in [5.74, 6) is 0.515. The van der Waals surface area contributed by atoms with Crippen LogP contribution in [0.15, 0.2) is 17.8 Å². The van der Waals surface area contributed by atoms with Gasteiger partial charge in [-0.25, -0.2) is 15.0 Å². The SMILES string of the molecule is CC(C)Nc1ncc(-c2csc(NC(=O)C[C@H]3COCCN3)n2)cn1. The van der Waals surface area contributed by atoms with Crippen LogP contribution in [0.5, 0.6) is 0 Å². The van der Waals surface area contributed by atoms with Gasteiger partial charge < -0.3 is 20.7 Å². The number of ether oxygens (including phenoxy) is 1. The Labute approximate surface area is 150 Å². The lowest BCUT2D eigenvalue weighted by Crippen LogP contribution is -2.43. The van der Waals surface area contributed by atoms with E-state index in [4.69, 9.17) is 4.74 Å². The summed E-state index contributed by atoms with van der Waals surface area (Å²) < 4.78 is 5.35. The predicted octanol–water partition coefficient (Wildman–Crippen LogP) is 1.74. The van der Waals surface area contributed by atoms with Crippen molar-refractivity contribution in [2.24, 2.45) is 0 Å². The van der Waals surface area contributed by atoms with Gasteiger partial charge in [0.05, 0.1) is 18.9 Å². The van der Waals surface area contributed by atoms with Crippen molar-refractivity contribution in [1.82, 2.24) is 20.3 Å². The molecule has 0 unspecified atom stereocenters. The molecule has 0 radical (unpaired) electrons. The number of carbonyl (C=O) groups excluding carboxylic acids is 1. The molecule has 3 rings (SSSR count). The summed E-state index contributed by atoms with van der Waals surface area (Å²) in [4.78, 5) is 25.1. The van der Waals surface area contributed by atoms with Crippen LogP contribution < -0.4 is 16.0 Å². The summed E-state index contributed by atoms with van der Waals surface area (Å²) in [5, 5.41) is 11.7. The Balaban J connectivity index is 1.57. The second-order valence-electron chi connectivity index (χ2n) is 6.11. The molecule has 1 atom stereocenters. The molecule has 25 heavy (non-hydrogen) atoms. The first-order valence-corrected chi connectivity index (χ1v) is 9.13. The number of hydrogen-bond donors (Lipinski definition) is 3. The van der Waals surface area contributed by atoms with E-state index in [9.17, 15) is 4.79 Å². The van der Waals surface area contributed by atoms with Crippen LogP contribution in [0.3, 0.4) is 0 Å². The molecule has 3 N–H and O–H groups in total. The number of hydrogen-bond acceptors (Lipinski definition) is 8. The van der Waals surface area contributed by atoms with Gasteiger partial charge in [0.1, 0.15) is 0 Å². The molecule has 1 amide bonds. The average molecular weight is 362 g/mol. The number of nitrogens with one attached hydrogen (secondary N) is 3. The number of rotatable bonds is 6. The maximum absolute atomic E-state index is 12.1. The van der Waals surface area contributed by atoms with E-state index < -0.39 is 0 Å². The fourth-order valence-electron chi connectivity index (χ4n) is 2.40. The zero-order valence-electron chi connectivity index (χ0n) is 14.3. The van der Waals surface area contributed by atoms with Gasteiger partial charge in [-0.3, -0.25) is 4.79 Å². The number of thiazole rings is 1. The molecule has 0 saturated carbocycles. The first kappa shape index (κ1) is 17.7. The monoisotopic (exact) mass is 362 g/mol. The van der Waals surface area contributed by atoms with Crippen LogP contribution >= 0.6 is 11.3 Å². The van der Waals surface area contributed by atoms with Crippen molar-refractivity contribution >= 4 is 28.3 Å². The zero-order valence-corrected chi connectivity index (χ0v) is 15.1. The summed E-state index contributed by atoms with van der Waals surface area (Å²) in [6.45, 7) is 6.09. The fourth-order valence-corrected chi connectivity index (χ4v) is 3.14. The van der Waals surface area contributed by atoms with Crippen LogP contribution in [0.25, 0.3) is 11.3 Å². The van der Waals surface area contributed by atoms with E-state index >= 15 is 0 Å². The smallest absolute Gasteiger partial charge is 0.227 e. The van der Waals surface area contributed by atoms with Crippen molar-refractivity contribution < 1.29 is 9.53 Å². The van der Waals surface area contributed by atoms with Crippen LogP contribution in [0.1, 0.15) is 20.3 Å². The minimum Gasteiger partial charge on any atom is -0.378 e. The molecule has 0 aliphatic carbocycles. The predicted molar refractivity (Wildman–Crippen MR) is 97.8 cm³/mol. The topological polar surface area (TPSA) is 101 Å². The highest BCUT2D eigenvalue weighted by Gasteiger charge is 2.17. The standard InChI is InChI=1S/C16H22N6O2S/c1-10(2)20-15-18-6-11(7-19-15)13-9-25-16(21-13)22-14(23)5-12-8-24-4-3-17-12/h6-7,9-10,12,17H,3-5,8H2,1-2H3,(H,18,19,20)(H,21,22,23)/t12-/m0/s1. The van der Waals surface area contributed by atoms with Crippen molar-refractivity contribution in [2.75, 3.05) is 30.4 Å². The van der Waals surface area contributed by atoms with Crippen LogP contribution in [0, 0.1) is 0 Å². The lowest BCUT2D eigenvalue weighted by molar-refractivity contribution is -0.117. The Bertz CT molecular complexity index is 697. The maximum atomic E-state index is 12.1. The molecule has 3 heterocycles. The molecular weight excluding hydrogens is 340 g/mol. The van der Waals surface area contributed by atoms with Crippen LogP contribution in [-0.2, 0) is 9.53 Å². The molecular formula is C16H22N6O2S. The number of carbonyl (C=O) groups is 1. The lowest BCUT2D eigenvalue weighted by atomic mass is 10.2. The van der Waals surface area contributed by atoms with Crippen molar-refractivity contribution in [3.05, 3.63) is 17.8 Å². The van der Waals surface area contributed by atoms with Gasteiger partial charge >= 0.3 is 0 Å². The van der Waals surface area contributed by atoms with Crippen LogP contribution in [0.4, 0.5) is 11.1 Å². The van der Waals surface area contributed by atoms with Crippen LogP contribution in [-0.4, -0.2) is 52.7 Å². The molecule has 1 aliphatic heterocycles. The van der Waals surface area contributed by atoms with E-state index in [0.29, 0.717) is 30.7 Å². The summed E-state index contributed by atoms with van der Waals surface area (Å²) in [5.41, 5.74) is 1.56. The molecule has 1 fully saturated rings. The maximum Gasteiger partial charge on any atom is 0.227 e. The van der Waals surface area contributed by atoms with Gasteiger partial charge in [-0.15, -0.1) is 11.3 Å². The first-order valence-electron chi connectivity index (χ1n) is 8.25. The molecule has 1 aliphatic rings. The summed E-state index contributed by atoms with van der Waals surface area (Å²) >= 11 is 1.38. The molecule has 8 nitrogen and oxygen atoms in total. The van der Waals surface area contributed by atoms with E-state index in [-0.39, 0.29) is 18.0 Å². The molecule has 2 aromatic heterocycles. The molecule has 9 heteroatoms. The van der Waals surface area contributed by atoms with E-state index in [0.717, 1.165) is 17.8 Å². The Hall–Kier alpha value is -2.10. The number of aromatic nitrogens is 3. The fraction of sp³-hybridized carbons (Fsp3) is 0.500. The molecule has 1 saturated heterocycles. The van der Waals surface area contributed by atoms with E-state index in [1.165, 1.54) is 11.3 Å². The largest absolute Gasteiger partial charge is 0.378 e. The highest BCUT2D eigenvalue weighted by atomic mass is 32.1. The Morgan fingerprint density at radius 3 is 2.92 bits per heavy atom. The Morgan fingerprint density at radius 1 is 1.44 bits per heavy atom. The molecule has 0 spiro atoms. The van der Waals surface area contributed by atoms with Gasteiger partial charge in [0.15, 0.2) is 5.13 Å². The van der Waals surface area contributed by atoms with E-state index in [1.807, 2.05) is 19.2 Å². The minimum atomic E-state index is -0.0726. The van der Waals surface area contributed by atoms with Gasteiger partial charge in [0.25, 0.3) is 0 Å². The number of morpholine rings is 1. The lowest BCUT2D eigenvalue weighted by Gasteiger charge is -2.22. The molecule has 2 aromatic rings. The van der Waals surface area contributed by atoms with Gasteiger partial charge in [0, 0.05) is 48.4 Å². The quantitative estimate of drug-likeness (QED) is 0.719. The highest BCUT2D eigenvalue weighted by Crippen LogP contribution is 2.24. The third-order valence-electron chi connectivity index (χ3n) is 3.55. The normalized spacial score (nSPS) is 17.5. The third-order valence-corrected chi connectivity index (χ3v) is 4.30. The van der Waals surface area contributed by atoms with E-state index in [2.05, 4.69) is 30.9 Å². The summed E-state index contributed by atoms with van der Waals surface area (Å²) in [7, 11) is 0. The van der Waals surface area contributed by atoms with Gasteiger partial charge in [-0.05, 0) is 13.8 Å². The zero-order chi connectivity index (χ0) is 17.6. The Kier molecular flexibility index (Phi) is 5.90. The van der Waals surface area contributed by atoms with Gasteiger partial charge in [-0.2, -0.15) is 0 Å². The van der Waals surface area contributed by atoms with Crippen LogP contribution in [0.2, 0.25) is 0 Å². The Morgan fingerprint density at radius 2 is 2.24 bits per heavy atom. The van der Waals surface area contributed by atoms with Crippen molar-refractivity contribution in [3.63, 3.8) is 0 Å². The highest BCUT2D eigenvalue weighted by molar-refractivity contribution is 7.14. The number of anilines is 2. The number of nitrogens with zero attached hydrogens (tertiary/aromatic N) is 3. The van der Waals surface area contributed by atoms with Gasteiger partial charge in [0.2, 0.25) is 11.9 Å². The van der Waals surface area contributed by atoms with Crippen molar-refractivity contribution in [2.45, 2.75) is 32.4 Å². The molecule has 0 aromatic carbocycles. The second-order valence-corrected chi connectivity index (χ2v) is 6.97. The third kappa shape index (κ3) is 5.18. The van der Waals surface area contributed by atoms with Gasteiger partial charge in [-0.1, -0.05) is 0 Å². The van der Waals surface area contributed by atoms with E-state index in [1.54, 1.807) is 12.4 Å². The second kappa shape index (κ2) is 8.32. The summed E-state index contributed by atoms with van der Waals surface area (Å²) in [6.07, 6.45) is 3.82.